The molecule has 8 rings (SSSR count). The SMILES string of the molecule is CO[C@@H]1O[C@H](CO[Si](C)(C)C(C)(C)C(C)C)[C@@H](O[C@@H]2O[C@@H]3CO[C@H](c4ccccc4)O[C@@H]3[C@H](OCc3ccccc3)[C@H]2OCc2ccccc2)[C@H](OCc2ccccc2)[C@H]1OCc1ccccc1. The average Bonchev–Trinajstić information content (AvgIpc) is 3.37. The van der Waals surface area contributed by atoms with Crippen molar-refractivity contribution in [3.63, 3.8) is 0 Å². The Morgan fingerprint density at radius 3 is 1.46 bits per heavy atom. The molecular weight excluding hydrogens is 877 g/mol. The van der Waals surface area contributed by atoms with Gasteiger partial charge in [0, 0.05) is 12.7 Å². The van der Waals surface area contributed by atoms with Crippen LogP contribution in [0.5, 0.6) is 0 Å². The molecule has 3 aliphatic heterocycles. The molecule has 3 saturated heterocycles. The zero-order valence-corrected chi connectivity index (χ0v) is 41.6. The van der Waals surface area contributed by atoms with Gasteiger partial charge in [0.2, 0.25) is 0 Å². The van der Waals surface area contributed by atoms with Gasteiger partial charge in [-0.15, -0.1) is 0 Å². The van der Waals surface area contributed by atoms with Crippen LogP contribution in [-0.4, -0.2) is 90.1 Å². The summed E-state index contributed by atoms with van der Waals surface area (Å²) in [7, 11) is -0.760. The molecule has 3 aliphatic rings. The summed E-state index contributed by atoms with van der Waals surface area (Å²) in [6.07, 6.45) is -8.12. The van der Waals surface area contributed by atoms with Gasteiger partial charge in [0.25, 0.3) is 0 Å². The molecule has 0 unspecified atom stereocenters. The van der Waals surface area contributed by atoms with Crippen LogP contribution in [-0.2, 0) is 78.2 Å². The largest absolute Gasteiger partial charge is 0.414 e. The van der Waals surface area contributed by atoms with Gasteiger partial charge in [0.1, 0.15) is 48.8 Å². The number of rotatable bonds is 21. The Balaban J connectivity index is 1.19. The Labute approximate surface area is 404 Å². The standard InChI is InChI=1S/C56H70O11Si/c1-39(2)56(3,4)68(6,7)63-38-46-48(49(58-33-40-23-13-8-14-24-40)51(54(57-5)64-46)60-35-42-27-17-10-18-28-42)67-55-52(61-36-43-29-19-11-20-30-43)50(59-34-41-25-15-9-16-26-41)47-45(65-55)37-62-53(66-47)44-31-21-12-22-32-44/h8-32,39,45-55H,33-38H2,1-7H3/t45-,46-,47+,48-,49+,50+,51-,52-,53+,54-,55+/m1/s1. The van der Waals surface area contributed by atoms with Crippen LogP contribution in [0.25, 0.3) is 0 Å². The Bertz CT molecular complexity index is 2220. The van der Waals surface area contributed by atoms with Crippen molar-refractivity contribution < 1.29 is 51.8 Å². The first-order valence-electron chi connectivity index (χ1n) is 24.1. The average molecular weight is 947 g/mol. The van der Waals surface area contributed by atoms with Crippen LogP contribution in [0.1, 0.15) is 61.8 Å². The highest BCUT2D eigenvalue weighted by Gasteiger charge is 2.56. The number of fused-ring (bicyclic) bond motifs is 1. The van der Waals surface area contributed by atoms with Crippen molar-refractivity contribution in [2.75, 3.05) is 20.3 Å². The van der Waals surface area contributed by atoms with E-state index in [-0.39, 0.29) is 38.1 Å². The minimum atomic E-state index is -2.39. The molecule has 5 aromatic rings. The van der Waals surface area contributed by atoms with E-state index in [0.29, 0.717) is 12.5 Å². The summed E-state index contributed by atoms with van der Waals surface area (Å²) >= 11 is 0. The van der Waals surface area contributed by atoms with Gasteiger partial charge in [-0.3, -0.25) is 0 Å². The van der Waals surface area contributed by atoms with E-state index < -0.39 is 76.0 Å². The third-order valence-electron chi connectivity index (χ3n) is 14.2. The van der Waals surface area contributed by atoms with Crippen LogP contribution in [0.15, 0.2) is 152 Å². The van der Waals surface area contributed by atoms with Crippen LogP contribution in [0, 0.1) is 5.92 Å². The summed E-state index contributed by atoms with van der Waals surface area (Å²) in [4.78, 5) is 0. The fourth-order valence-electron chi connectivity index (χ4n) is 8.93. The molecule has 11 nitrogen and oxygen atoms in total. The Morgan fingerprint density at radius 2 is 0.985 bits per heavy atom. The highest BCUT2D eigenvalue weighted by Crippen LogP contribution is 2.45. The van der Waals surface area contributed by atoms with Crippen LogP contribution < -0.4 is 0 Å². The fraction of sp³-hybridized carbons (Fsp3) is 0.464. The molecule has 0 N–H and O–H groups in total. The molecule has 0 spiro atoms. The van der Waals surface area contributed by atoms with Crippen LogP contribution >= 0.6 is 0 Å². The third kappa shape index (κ3) is 12.4. The maximum Gasteiger partial charge on any atom is 0.192 e. The van der Waals surface area contributed by atoms with Gasteiger partial charge in [-0.25, -0.2) is 0 Å². The topological polar surface area (TPSA) is 102 Å². The van der Waals surface area contributed by atoms with Crippen molar-refractivity contribution in [3.8, 4) is 0 Å². The number of ether oxygens (including phenoxy) is 10. The normalized spacial score (nSPS) is 27.7. The summed E-state index contributed by atoms with van der Waals surface area (Å²) < 4.78 is 76.0. The third-order valence-corrected chi connectivity index (χ3v) is 18.8. The van der Waals surface area contributed by atoms with E-state index in [0.717, 1.165) is 27.8 Å². The summed E-state index contributed by atoms with van der Waals surface area (Å²) in [5.41, 5.74) is 4.88. The van der Waals surface area contributed by atoms with E-state index >= 15 is 0 Å². The molecule has 68 heavy (non-hydrogen) atoms. The van der Waals surface area contributed by atoms with E-state index in [9.17, 15) is 0 Å². The second-order valence-electron chi connectivity index (χ2n) is 19.3. The van der Waals surface area contributed by atoms with E-state index in [1.165, 1.54) is 0 Å². The molecule has 12 heteroatoms. The Hall–Kier alpha value is -4.12. The molecule has 0 aliphatic carbocycles. The number of hydrogen-bond donors (Lipinski definition) is 0. The zero-order chi connectivity index (χ0) is 47.5. The maximum atomic E-state index is 7.47. The highest BCUT2D eigenvalue weighted by molar-refractivity contribution is 6.74. The Morgan fingerprint density at radius 1 is 0.544 bits per heavy atom. The second-order valence-corrected chi connectivity index (χ2v) is 23.9. The molecule has 5 aromatic carbocycles. The van der Waals surface area contributed by atoms with E-state index in [1.54, 1.807) is 7.11 Å². The summed E-state index contributed by atoms with van der Waals surface area (Å²) in [6, 6.07) is 50.3. The fourth-order valence-corrected chi connectivity index (χ4v) is 11.3. The van der Waals surface area contributed by atoms with Gasteiger partial charge in [-0.2, -0.15) is 0 Å². The lowest BCUT2D eigenvalue weighted by Gasteiger charge is -2.52. The molecule has 364 valence electrons. The van der Waals surface area contributed by atoms with Gasteiger partial charge < -0.3 is 51.8 Å². The van der Waals surface area contributed by atoms with Crippen molar-refractivity contribution in [1.82, 2.24) is 0 Å². The quantitative estimate of drug-likeness (QED) is 0.0657. The van der Waals surface area contributed by atoms with Gasteiger partial charge in [-0.05, 0) is 46.3 Å². The summed E-state index contributed by atoms with van der Waals surface area (Å²) in [5.74, 6) is 0.383. The van der Waals surface area contributed by atoms with Crippen molar-refractivity contribution in [2.45, 2.75) is 140 Å². The monoisotopic (exact) mass is 946 g/mol. The molecule has 0 bridgehead atoms. The molecule has 0 aromatic heterocycles. The van der Waals surface area contributed by atoms with Gasteiger partial charge in [0.05, 0.1) is 39.6 Å². The van der Waals surface area contributed by atoms with E-state index in [2.05, 4.69) is 40.8 Å². The first-order chi connectivity index (χ1) is 33.0. The van der Waals surface area contributed by atoms with Gasteiger partial charge in [0.15, 0.2) is 27.2 Å². The number of methoxy groups -OCH3 is 1. The Kier molecular flexibility index (Phi) is 17.5. The minimum Gasteiger partial charge on any atom is -0.414 e. The lowest BCUT2D eigenvalue weighted by atomic mass is 9.95. The van der Waals surface area contributed by atoms with Crippen LogP contribution in [0.2, 0.25) is 18.1 Å². The zero-order valence-electron chi connectivity index (χ0n) is 40.6. The lowest BCUT2D eigenvalue weighted by molar-refractivity contribution is -0.396. The lowest BCUT2D eigenvalue weighted by Crippen LogP contribution is -2.67. The van der Waals surface area contributed by atoms with E-state index in [4.69, 9.17) is 51.8 Å². The minimum absolute atomic E-state index is 0.0665. The number of hydrogen-bond acceptors (Lipinski definition) is 11. The molecule has 11 atom stereocenters. The first kappa shape index (κ1) is 50.3. The van der Waals surface area contributed by atoms with Crippen molar-refractivity contribution >= 4 is 8.32 Å². The predicted molar refractivity (Wildman–Crippen MR) is 262 cm³/mol. The van der Waals surface area contributed by atoms with Crippen molar-refractivity contribution in [2.24, 2.45) is 5.92 Å². The molecule has 0 amide bonds. The first-order valence-corrected chi connectivity index (χ1v) is 27.0. The molecular formula is C56H70O11Si. The summed E-state index contributed by atoms with van der Waals surface area (Å²) in [5, 5.41) is -0.0665. The van der Waals surface area contributed by atoms with Gasteiger partial charge >= 0.3 is 0 Å². The molecule has 3 fully saturated rings. The van der Waals surface area contributed by atoms with Crippen molar-refractivity contribution in [1.29, 1.82) is 0 Å². The molecule has 3 heterocycles. The predicted octanol–water partition coefficient (Wildman–Crippen LogP) is 10.6. The second kappa shape index (κ2) is 23.7. The summed E-state index contributed by atoms with van der Waals surface area (Å²) in [6.45, 7) is 15.2. The van der Waals surface area contributed by atoms with Crippen LogP contribution in [0.4, 0.5) is 0 Å². The smallest absolute Gasteiger partial charge is 0.192 e. The number of benzene rings is 5. The van der Waals surface area contributed by atoms with Gasteiger partial charge in [-0.1, -0.05) is 179 Å². The van der Waals surface area contributed by atoms with E-state index in [1.807, 2.05) is 152 Å². The van der Waals surface area contributed by atoms with Crippen molar-refractivity contribution in [3.05, 3.63) is 179 Å². The van der Waals surface area contributed by atoms with Crippen LogP contribution in [0.3, 0.4) is 0 Å². The molecule has 0 radical (unpaired) electrons. The maximum absolute atomic E-state index is 7.47. The highest BCUT2D eigenvalue weighted by atomic mass is 28.4. The molecule has 0 saturated carbocycles.